The molecule has 0 amide bonds. The van der Waals surface area contributed by atoms with Gasteiger partial charge in [0.15, 0.2) is 0 Å². The quantitative estimate of drug-likeness (QED) is 0.726. The zero-order valence-electron chi connectivity index (χ0n) is 8.29. The number of nitrogens with zero attached hydrogens (tertiary/aromatic N) is 2. The van der Waals surface area contributed by atoms with E-state index in [-0.39, 0.29) is 5.41 Å². The van der Waals surface area contributed by atoms with E-state index in [1.807, 2.05) is 6.20 Å². The summed E-state index contributed by atoms with van der Waals surface area (Å²) in [6.45, 7) is 6.58. The predicted octanol–water partition coefficient (Wildman–Crippen LogP) is 2.80. The molecule has 0 bridgehead atoms. The minimum atomic E-state index is 0.280. The Balaban J connectivity index is 2.65. The van der Waals surface area contributed by atoms with Crippen molar-refractivity contribution in [1.82, 2.24) is 4.98 Å². The third kappa shape index (κ3) is 3.56. The number of hydrogen-bond donors (Lipinski definition) is 0. The molecule has 0 unspecified atom stereocenters. The number of nitriles is 1. The Labute approximate surface area is 83.2 Å². The molecule has 1 heterocycles. The standard InChI is InChI=1S/C10H14N2S/c1-10(2,3)6-9-12-7-8(13-9)4-5-11/h7H,4,6H2,1-3H3. The Hall–Kier alpha value is -0.880. The lowest BCUT2D eigenvalue weighted by atomic mass is 9.93. The van der Waals surface area contributed by atoms with E-state index < -0.39 is 0 Å². The molecule has 0 saturated carbocycles. The van der Waals surface area contributed by atoms with Crippen LogP contribution in [0.25, 0.3) is 0 Å². The van der Waals surface area contributed by atoms with Gasteiger partial charge in [-0.2, -0.15) is 5.26 Å². The van der Waals surface area contributed by atoms with E-state index in [9.17, 15) is 0 Å². The van der Waals surface area contributed by atoms with Gasteiger partial charge < -0.3 is 0 Å². The van der Waals surface area contributed by atoms with Crippen LogP contribution in [0.15, 0.2) is 6.20 Å². The minimum absolute atomic E-state index is 0.280. The van der Waals surface area contributed by atoms with E-state index in [1.165, 1.54) is 0 Å². The molecule has 70 valence electrons. The van der Waals surface area contributed by atoms with E-state index in [0.29, 0.717) is 6.42 Å². The topological polar surface area (TPSA) is 36.7 Å². The normalized spacial score (nSPS) is 11.2. The van der Waals surface area contributed by atoms with Crippen molar-refractivity contribution in [3.63, 3.8) is 0 Å². The van der Waals surface area contributed by atoms with Crippen LogP contribution in [0, 0.1) is 16.7 Å². The molecule has 0 aliphatic rings. The molecule has 0 radical (unpaired) electrons. The maximum Gasteiger partial charge on any atom is 0.0933 e. The molecule has 0 spiro atoms. The van der Waals surface area contributed by atoms with Gasteiger partial charge in [0, 0.05) is 17.5 Å². The number of thiazole rings is 1. The average molecular weight is 194 g/mol. The van der Waals surface area contributed by atoms with Crippen LogP contribution < -0.4 is 0 Å². The molecular weight excluding hydrogens is 180 g/mol. The number of rotatable bonds is 2. The lowest BCUT2D eigenvalue weighted by Gasteiger charge is -2.15. The molecule has 0 fully saturated rings. The van der Waals surface area contributed by atoms with Crippen molar-refractivity contribution in [2.45, 2.75) is 33.6 Å². The van der Waals surface area contributed by atoms with Crippen LogP contribution in [0.3, 0.4) is 0 Å². The first-order chi connectivity index (χ1) is 6.01. The Morgan fingerprint density at radius 2 is 2.23 bits per heavy atom. The molecular formula is C10H14N2S. The van der Waals surface area contributed by atoms with E-state index in [1.54, 1.807) is 11.3 Å². The first kappa shape index (κ1) is 10.2. The second kappa shape index (κ2) is 3.89. The summed E-state index contributed by atoms with van der Waals surface area (Å²) in [4.78, 5) is 5.36. The lowest BCUT2D eigenvalue weighted by molar-refractivity contribution is 0.410. The highest BCUT2D eigenvalue weighted by Crippen LogP contribution is 2.23. The minimum Gasteiger partial charge on any atom is -0.249 e. The summed E-state index contributed by atoms with van der Waals surface area (Å²) < 4.78 is 0. The van der Waals surface area contributed by atoms with Crippen molar-refractivity contribution >= 4 is 11.3 Å². The van der Waals surface area contributed by atoms with Crippen molar-refractivity contribution < 1.29 is 0 Å². The monoisotopic (exact) mass is 194 g/mol. The van der Waals surface area contributed by atoms with Crippen LogP contribution in [-0.2, 0) is 12.8 Å². The van der Waals surface area contributed by atoms with Crippen LogP contribution in [0.1, 0.15) is 30.7 Å². The zero-order valence-corrected chi connectivity index (χ0v) is 9.11. The second-order valence-electron chi connectivity index (χ2n) is 4.29. The van der Waals surface area contributed by atoms with Gasteiger partial charge >= 0.3 is 0 Å². The summed E-state index contributed by atoms with van der Waals surface area (Å²) in [6, 6.07) is 2.13. The Kier molecular flexibility index (Phi) is 3.05. The van der Waals surface area contributed by atoms with Crippen LogP contribution in [0.5, 0.6) is 0 Å². The summed E-state index contributed by atoms with van der Waals surface area (Å²) in [6.07, 6.45) is 3.29. The summed E-state index contributed by atoms with van der Waals surface area (Å²) in [5, 5.41) is 9.63. The van der Waals surface area contributed by atoms with Crippen molar-refractivity contribution in [3.05, 3.63) is 16.1 Å². The average Bonchev–Trinajstić information content (AvgIpc) is 2.33. The second-order valence-corrected chi connectivity index (χ2v) is 5.49. The van der Waals surface area contributed by atoms with Crippen LogP contribution in [0.4, 0.5) is 0 Å². The van der Waals surface area contributed by atoms with Gasteiger partial charge in [-0.05, 0) is 5.41 Å². The molecule has 3 heteroatoms. The molecule has 2 nitrogen and oxygen atoms in total. The van der Waals surface area contributed by atoms with Crippen molar-refractivity contribution in [2.24, 2.45) is 5.41 Å². The van der Waals surface area contributed by atoms with Crippen molar-refractivity contribution in [1.29, 1.82) is 5.26 Å². The maximum absolute atomic E-state index is 8.49. The number of aromatic nitrogens is 1. The van der Waals surface area contributed by atoms with Crippen LogP contribution in [-0.4, -0.2) is 4.98 Å². The molecule has 1 rings (SSSR count). The zero-order chi connectivity index (χ0) is 9.90. The van der Waals surface area contributed by atoms with Gasteiger partial charge in [-0.1, -0.05) is 20.8 Å². The van der Waals surface area contributed by atoms with Gasteiger partial charge in [0.05, 0.1) is 17.5 Å². The molecule has 0 aliphatic carbocycles. The summed E-state index contributed by atoms with van der Waals surface area (Å²) in [7, 11) is 0. The predicted molar refractivity (Wildman–Crippen MR) is 54.6 cm³/mol. The molecule has 1 aromatic rings. The van der Waals surface area contributed by atoms with Gasteiger partial charge in [-0.25, -0.2) is 4.98 Å². The molecule has 0 saturated heterocycles. The Morgan fingerprint density at radius 3 is 2.77 bits per heavy atom. The van der Waals surface area contributed by atoms with E-state index >= 15 is 0 Å². The van der Waals surface area contributed by atoms with E-state index in [2.05, 4.69) is 31.8 Å². The molecule has 0 aromatic carbocycles. The van der Waals surface area contributed by atoms with Gasteiger partial charge in [0.2, 0.25) is 0 Å². The molecule has 0 N–H and O–H groups in total. The smallest absolute Gasteiger partial charge is 0.0933 e. The molecule has 0 aliphatic heterocycles. The molecule has 13 heavy (non-hydrogen) atoms. The fourth-order valence-corrected chi connectivity index (χ4v) is 2.20. The summed E-state index contributed by atoms with van der Waals surface area (Å²) in [5.74, 6) is 0. The summed E-state index contributed by atoms with van der Waals surface area (Å²) >= 11 is 1.65. The van der Waals surface area contributed by atoms with E-state index in [4.69, 9.17) is 5.26 Å². The third-order valence-corrected chi connectivity index (χ3v) is 2.53. The van der Waals surface area contributed by atoms with Gasteiger partial charge in [-0.15, -0.1) is 11.3 Å². The van der Waals surface area contributed by atoms with Gasteiger partial charge in [0.25, 0.3) is 0 Å². The fraction of sp³-hybridized carbons (Fsp3) is 0.600. The fourth-order valence-electron chi connectivity index (χ4n) is 1.04. The van der Waals surface area contributed by atoms with Crippen LogP contribution in [0.2, 0.25) is 0 Å². The highest BCUT2D eigenvalue weighted by atomic mass is 32.1. The first-order valence-corrected chi connectivity index (χ1v) is 5.13. The Bertz CT molecular complexity index is 314. The third-order valence-electron chi connectivity index (χ3n) is 1.54. The van der Waals surface area contributed by atoms with Gasteiger partial charge in [0.1, 0.15) is 0 Å². The highest BCUT2D eigenvalue weighted by molar-refractivity contribution is 7.11. The van der Waals surface area contributed by atoms with Crippen molar-refractivity contribution in [2.75, 3.05) is 0 Å². The van der Waals surface area contributed by atoms with E-state index in [0.717, 1.165) is 16.3 Å². The summed E-state index contributed by atoms with van der Waals surface area (Å²) in [5.41, 5.74) is 0.280. The largest absolute Gasteiger partial charge is 0.249 e. The SMILES string of the molecule is CC(C)(C)Cc1ncc(CC#N)s1. The van der Waals surface area contributed by atoms with Crippen LogP contribution >= 0.6 is 11.3 Å². The Morgan fingerprint density at radius 1 is 1.54 bits per heavy atom. The molecule has 1 aromatic heterocycles. The maximum atomic E-state index is 8.49. The van der Waals surface area contributed by atoms with Crippen molar-refractivity contribution in [3.8, 4) is 6.07 Å². The lowest BCUT2D eigenvalue weighted by Crippen LogP contribution is -2.08. The first-order valence-electron chi connectivity index (χ1n) is 4.32. The number of hydrogen-bond acceptors (Lipinski definition) is 3. The van der Waals surface area contributed by atoms with Gasteiger partial charge in [-0.3, -0.25) is 0 Å². The highest BCUT2D eigenvalue weighted by Gasteiger charge is 2.13. The molecule has 0 atom stereocenters.